The van der Waals surface area contributed by atoms with E-state index in [2.05, 4.69) is 120 Å². The summed E-state index contributed by atoms with van der Waals surface area (Å²) in [7, 11) is 0.602. The summed E-state index contributed by atoms with van der Waals surface area (Å²) in [6, 6.07) is 20.3. The molecule has 0 aliphatic rings. The first-order valence-electron chi connectivity index (χ1n) is 12.7. The monoisotopic (exact) mass is 480 g/mol. The van der Waals surface area contributed by atoms with E-state index in [-0.39, 0.29) is 5.41 Å². The number of hydrogen-bond donors (Lipinski definition) is 0. The predicted molar refractivity (Wildman–Crippen MR) is 153 cm³/mol. The Morgan fingerprint density at radius 2 is 1.57 bits per heavy atom. The molecule has 5 rings (SSSR count). The average molecular weight is 481 g/mol. The first-order valence-corrected chi connectivity index (χ1v) is 16.2. The van der Waals surface area contributed by atoms with E-state index in [1.165, 1.54) is 54.8 Å². The molecule has 180 valence electrons. The molecule has 35 heavy (non-hydrogen) atoms. The lowest BCUT2D eigenvalue weighted by Gasteiger charge is -2.22. The third kappa shape index (κ3) is 4.10. The summed E-state index contributed by atoms with van der Waals surface area (Å²) in [5, 5.41) is 5.29. The van der Waals surface area contributed by atoms with Gasteiger partial charge >= 0.3 is 0 Å². The summed E-state index contributed by atoms with van der Waals surface area (Å²) in [6.07, 6.45) is 1.06. The quantitative estimate of drug-likeness (QED) is 0.189. The summed E-state index contributed by atoms with van der Waals surface area (Å²) in [4.78, 5) is 0. The smallest absolute Gasteiger partial charge is 0.216 e. The standard InChI is InChI=1S/C32H38NOSi/c1-20-16-25-23-12-10-11-13-28(23)34-31(25)30(21(20)2)27-18-29(35(7,8)9)24-15-14-22(19-32(3,4)5)17-26(24)33(27)6/h10-18H,19H2,1-9H3/q+1. The van der Waals surface area contributed by atoms with Gasteiger partial charge in [-0.3, -0.25) is 0 Å². The van der Waals surface area contributed by atoms with Gasteiger partial charge < -0.3 is 4.42 Å². The highest BCUT2D eigenvalue weighted by atomic mass is 28.3. The van der Waals surface area contributed by atoms with Gasteiger partial charge in [-0.25, -0.2) is 0 Å². The molecule has 0 aliphatic carbocycles. The Balaban J connectivity index is 1.91. The van der Waals surface area contributed by atoms with Crippen LogP contribution in [0.2, 0.25) is 19.6 Å². The van der Waals surface area contributed by atoms with Crippen LogP contribution in [0.4, 0.5) is 0 Å². The molecule has 0 bridgehead atoms. The first kappa shape index (κ1) is 23.8. The summed E-state index contributed by atoms with van der Waals surface area (Å²) in [5.74, 6) is 0. The van der Waals surface area contributed by atoms with E-state index < -0.39 is 8.07 Å². The molecule has 0 unspecified atom stereocenters. The topological polar surface area (TPSA) is 17.0 Å². The Morgan fingerprint density at radius 3 is 2.26 bits per heavy atom. The molecule has 0 fully saturated rings. The minimum Gasteiger partial charge on any atom is -0.455 e. The Morgan fingerprint density at radius 1 is 0.857 bits per heavy atom. The van der Waals surface area contributed by atoms with Crippen LogP contribution in [0.25, 0.3) is 44.1 Å². The van der Waals surface area contributed by atoms with Crippen molar-refractivity contribution in [3.63, 3.8) is 0 Å². The van der Waals surface area contributed by atoms with Crippen LogP contribution in [0, 0.1) is 19.3 Å². The third-order valence-electron chi connectivity index (χ3n) is 7.34. The van der Waals surface area contributed by atoms with Crippen LogP contribution >= 0.6 is 0 Å². The molecule has 0 spiro atoms. The number of hydrogen-bond acceptors (Lipinski definition) is 1. The molecule has 2 nitrogen and oxygen atoms in total. The fourth-order valence-electron chi connectivity index (χ4n) is 5.50. The van der Waals surface area contributed by atoms with Crippen molar-refractivity contribution in [2.75, 3.05) is 0 Å². The van der Waals surface area contributed by atoms with Gasteiger partial charge in [0.1, 0.15) is 18.2 Å². The van der Waals surface area contributed by atoms with E-state index in [0.717, 1.165) is 17.6 Å². The lowest BCUT2D eigenvalue weighted by molar-refractivity contribution is -0.633. The van der Waals surface area contributed by atoms with E-state index in [1.807, 2.05) is 0 Å². The van der Waals surface area contributed by atoms with Crippen LogP contribution in [0.5, 0.6) is 0 Å². The van der Waals surface area contributed by atoms with E-state index in [9.17, 15) is 0 Å². The number of rotatable bonds is 3. The van der Waals surface area contributed by atoms with E-state index in [4.69, 9.17) is 4.42 Å². The molecule has 2 aromatic heterocycles. The Hall–Kier alpha value is -2.91. The number of nitrogens with zero attached hydrogens (tertiary/aromatic N) is 1. The predicted octanol–water partition coefficient (Wildman–Crippen LogP) is 7.98. The number of aromatic nitrogens is 1. The van der Waals surface area contributed by atoms with Gasteiger partial charge in [-0.05, 0) is 65.8 Å². The van der Waals surface area contributed by atoms with Gasteiger partial charge in [-0.2, -0.15) is 4.57 Å². The molecule has 0 aliphatic heterocycles. The molecular formula is C32H38NOSi+. The van der Waals surface area contributed by atoms with E-state index in [0.29, 0.717) is 0 Å². The van der Waals surface area contributed by atoms with Crippen molar-refractivity contribution in [3.05, 3.63) is 71.3 Å². The summed E-state index contributed by atoms with van der Waals surface area (Å²) < 4.78 is 8.96. The molecule has 3 heteroatoms. The maximum absolute atomic E-state index is 6.55. The van der Waals surface area contributed by atoms with Crippen LogP contribution in [-0.2, 0) is 13.5 Å². The number of fused-ring (bicyclic) bond motifs is 4. The zero-order valence-corrected chi connectivity index (χ0v) is 23.8. The Kier molecular flexibility index (Phi) is 5.48. The average Bonchev–Trinajstić information content (AvgIpc) is 3.12. The summed E-state index contributed by atoms with van der Waals surface area (Å²) in [5.41, 5.74) is 9.97. The van der Waals surface area contributed by atoms with Crippen molar-refractivity contribution in [3.8, 4) is 11.3 Å². The molecule has 5 aromatic rings. The minimum atomic E-state index is -1.62. The Labute approximate surface area is 210 Å². The van der Waals surface area contributed by atoms with E-state index >= 15 is 0 Å². The van der Waals surface area contributed by atoms with Crippen molar-refractivity contribution in [2.24, 2.45) is 12.5 Å². The number of pyridine rings is 1. The molecule has 0 atom stereocenters. The normalized spacial score (nSPS) is 12.8. The Bertz CT molecular complexity index is 1610. The number of para-hydroxylation sites is 1. The molecule has 0 amide bonds. The van der Waals surface area contributed by atoms with Crippen LogP contribution in [0.15, 0.2) is 59.0 Å². The first-order chi connectivity index (χ1) is 16.3. The van der Waals surface area contributed by atoms with Gasteiger partial charge in [0.2, 0.25) is 11.2 Å². The molecule has 0 radical (unpaired) electrons. The van der Waals surface area contributed by atoms with Crippen LogP contribution in [0.3, 0.4) is 0 Å². The van der Waals surface area contributed by atoms with Gasteiger partial charge in [0, 0.05) is 28.3 Å². The van der Waals surface area contributed by atoms with Crippen molar-refractivity contribution < 1.29 is 8.98 Å². The zero-order chi connectivity index (χ0) is 25.3. The highest BCUT2D eigenvalue weighted by molar-refractivity contribution is 6.90. The van der Waals surface area contributed by atoms with Gasteiger partial charge in [0.25, 0.3) is 0 Å². The second-order valence-corrected chi connectivity index (χ2v) is 17.5. The number of benzene rings is 3. The van der Waals surface area contributed by atoms with Gasteiger partial charge in [0.15, 0.2) is 0 Å². The lowest BCUT2D eigenvalue weighted by Crippen LogP contribution is -2.43. The lowest BCUT2D eigenvalue weighted by atomic mass is 9.88. The van der Waals surface area contributed by atoms with Crippen LogP contribution in [-0.4, -0.2) is 8.07 Å². The summed E-state index contributed by atoms with van der Waals surface area (Å²) >= 11 is 0. The zero-order valence-electron chi connectivity index (χ0n) is 22.8. The van der Waals surface area contributed by atoms with Crippen molar-refractivity contribution in [2.45, 2.75) is 60.7 Å². The van der Waals surface area contributed by atoms with Crippen molar-refractivity contribution in [1.29, 1.82) is 0 Å². The van der Waals surface area contributed by atoms with Crippen LogP contribution in [0.1, 0.15) is 37.5 Å². The largest absolute Gasteiger partial charge is 0.455 e. The minimum absolute atomic E-state index is 0.249. The maximum Gasteiger partial charge on any atom is 0.216 e. The molecule has 0 saturated heterocycles. The number of furan rings is 1. The fraction of sp³-hybridized carbons (Fsp3) is 0.344. The SMILES string of the molecule is Cc1cc2c(oc3ccccc32)c(-c2cc([Si](C)(C)C)c3ccc(CC(C)(C)C)cc3[n+]2C)c1C. The van der Waals surface area contributed by atoms with Crippen molar-refractivity contribution >= 4 is 46.1 Å². The van der Waals surface area contributed by atoms with Gasteiger partial charge in [-0.1, -0.05) is 64.7 Å². The van der Waals surface area contributed by atoms with Gasteiger partial charge in [0.05, 0.1) is 13.6 Å². The fourth-order valence-corrected chi connectivity index (χ4v) is 7.09. The second kappa shape index (κ2) is 8.06. The maximum atomic E-state index is 6.55. The van der Waals surface area contributed by atoms with Crippen LogP contribution < -0.4 is 9.75 Å². The molecule has 0 N–H and O–H groups in total. The highest BCUT2D eigenvalue weighted by Gasteiger charge is 2.29. The number of aryl methyl sites for hydroxylation is 2. The van der Waals surface area contributed by atoms with Crippen molar-refractivity contribution in [1.82, 2.24) is 0 Å². The molecule has 0 saturated carbocycles. The molecular weight excluding hydrogens is 442 g/mol. The molecule has 2 heterocycles. The second-order valence-electron chi connectivity index (χ2n) is 12.5. The molecule has 3 aromatic carbocycles. The summed E-state index contributed by atoms with van der Waals surface area (Å²) in [6.45, 7) is 18.8. The van der Waals surface area contributed by atoms with E-state index in [1.54, 1.807) is 0 Å². The van der Waals surface area contributed by atoms with Gasteiger partial charge in [-0.15, -0.1) is 0 Å². The highest BCUT2D eigenvalue weighted by Crippen LogP contribution is 2.39. The third-order valence-corrected chi connectivity index (χ3v) is 9.37.